The van der Waals surface area contributed by atoms with E-state index in [0.717, 1.165) is 5.56 Å². The van der Waals surface area contributed by atoms with Gasteiger partial charge in [0.05, 0.1) is 12.2 Å². The van der Waals surface area contributed by atoms with Crippen LogP contribution >= 0.6 is 0 Å². The number of esters is 1. The van der Waals surface area contributed by atoms with Gasteiger partial charge in [-0.1, -0.05) is 31.5 Å². The summed E-state index contributed by atoms with van der Waals surface area (Å²) in [5.74, 6) is -0.358. The van der Waals surface area contributed by atoms with Crippen LogP contribution in [0.3, 0.4) is 0 Å². The molecular weight excluding hydrogens is 318 g/mol. The molecule has 0 spiro atoms. The molecule has 6 nitrogen and oxygen atoms in total. The third-order valence-corrected chi connectivity index (χ3v) is 3.85. The van der Waals surface area contributed by atoms with E-state index in [2.05, 4.69) is 11.4 Å². The molecule has 1 N–H and O–H groups in total. The highest BCUT2D eigenvalue weighted by atomic mass is 16.5. The van der Waals surface area contributed by atoms with Gasteiger partial charge in [0.25, 0.3) is 0 Å². The van der Waals surface area contributed by atoms with Crippen LogP contribution in [0.2, 0.25) is 0 Å². The molecule has 25 heavy (non-hydrogen) atoms. The number of hydrogen-bond acceptors (Lipinski definition) is 4. The number of carbonyl (C=O) groups is 2. The summed E-state index contributed by atoms with van der Waals surface area (Å²) in [6.45, 7) is 7.68. The van der Waals surface area contributed by atoms with Crippen LogP contribution in [0.15, 0.2) is 24.3 Å². The molecule has 0 saturated carbocycles. The number of aromatic nitrogens is 1. The molecule has 0 aliphatic rings. The molecular formula is C19H21N3O3. The molecule has 130 valence electrons. The molecule has 0 saturated heterocycles. The molecule has 0 aliphatic heterocycles. The zero-order valence-corrected chi connectivity index (χ0v) is 14.8. The number of rotatable bonds is 6. The number of nitrogens with one attached hydrogen (secondary N) is 1. The first-order chi connectivity index (χ1) is 12.0. The van der Waals surface area contributed by atoms with Gasteiger partial charge in [-0.05, 0) is 31.9 Å². The summed E-state index contributed by atoms with van der Waals surface area (Å²) in [5, 5.41) is 12.2. The largest absolute Gasteiger partial charge is 0.461 e. The van der Waals surface area contributed by atoms with Gasteiger partial charge >= 0.3 is 5.97 Å². The number of aryl methyl sites for hydroxylation is 1. The summed E-state index contributed by atoms with van der Waals surface area (Å²) in [6.07, 6.45) is 0.500. The summed E-state index contributed by atoms with van der Waals surface area (Å²) in [4.78, 5) is 23.8. The molecule has 1 amide bonds. The summed E-state index contributed by atoms with van der Waals surface area (Å²) >= 11 is 0. The average molecular weight is 339 g/mol. The molecule has 2 aromatic rings. The lowest BCUT2D eigenvalue weighted by Gasteiger charge is -2.14. The van der Waals surface area contributed by atoms with Crippen LogP contribution in [-0.4, -0.2) is 23.6 Å². The topological polar surface area (TPSA) is 84.1 Å². The Kier molecular flexibility index (Phi) is 5.60. The van der Waals surface area contributed by atoms with Crippen LogP contribution < -0.4 is 5.32 Å². The van der Waals surface area contributed by atoms with E-state index in [9.17, 15) is 14.9 Å². The lowest BCUT2D eigenvalue weighted by Crippen LogP contribution is -2.15. The number of amides is 1. The van der Waals surface area contributed by atoms with Crippen molar-refractivity contribution in [1.29, 1.82) is 5.26 Å². The fourth-order valence-corrected chi connectivity index (χ4v) is 2.81. The van der Waals surface area contributed by atoms with Crippen molar-refractivity contribution in [3.63, 3.8) is 0 Å². The van der Waals surface area contributed by atoms with E-state index in [0.29, 0.717) is 17.7 Å². The summed E-state index contributed by atoms with van der Waals surface area (Å²) in [7, 11) is 0. The van der Waals surface area contributed by atoms with Gasteiger partial charge in [-0.15, -0.1) is 0 Å². The lowest BCUT2D eigenvalue weighted by atomic mass is 9.99. The number of nitrogens with zero attached hydrogens (tertiary/aromatic N) is 2. The quantitative estimate of drug-likeness (QED) is 0.644. The van der Waals surface area contributed by atoms with Gasteiger partial charge in [-0.25, -0.2) is 4.79 Å². The molecule has 0 radical (unpaired) electrons. The summed E-state index contributed by atoms with van der Waals surface area (Å²) < 4.78 is 6.79. The predicted octanol–water partition coefficient (Wildman–Crippen LogP) is 3.53. The Morgan fingerprint density at radius 2 is 2.00 bits per heavy atom. The van der Waals surface area contributed by atoms with Gasteiger partial charge in [-0.3, -0.25) is 9.36 Å². The SMILES string of the molecule is CCOC(=O)c1c(C(C)C)c(C#N)c(NC=O)n1-c1ccc(C)cc1. The molecule has 0 bridgehead atoms. The van der Waals surface area contributed by atoms with Crippen molar-refractivity contribution < 1.29 is 14.3 Å². The molecule has 6 heteroatoms. The van der Waals surface area contributed by atoms with Gasteiger partial charge in [0.15, 0.2) is 0 Å². The summed E-state index contributed by atoms with van der Waals surface area (Å²) in [6, 6.07) is 9.58. The van der Waals surface area contributed by atoms with Gasteiger partial charge in [0.1, 0.15) is 17.6 Å². The van der Waals surface area contributed by atoms with Crippen molar-refractivity contribution in [1.82, 2.24) is 4.57 Å². The summed E-state index contributed by atoms with van der Waals surface area (Å²) in [5.41, 5.74) is 2.82. The van der Waals surface area contributed by atoms with Crippen molar-refractivity contribution in [3.8, 4) is 11.8 Å². The highest BCUT2D eigenvalue weighted by Gasteiger charge is 2.30. The standard InChI is InChI=1S/C19H21N3O3/c1-5-25-19(24)17-16(12(2)3)15(10-20)18(21-11-23)22(17)14-8-6-13(4)7-9-14/h6-9,11-12H,5H2,1-4H3,(H,21,23). The monoisotopic (exact) mass is 339 g/mol. The van der Waals surface area contributed by atoms with Crippen molar-refractivity contribution in [2.75, 3.05) is 11.9 Å². The first-order valence-electron chi connectivity index (χ1n) is 8.09. The minimum atomic E-state index is -0.526. The fraction of sp³-hybridized carbons (Fsp3) is 0.316. The van der Waals surface area contributed by atoms with E-state index >= 15 is 0 Å². The Morgan fingerprint density at radius 3 is 2.48 bits per heavy atom. The third kappa shape index (κ3) is 3.41. The second-order valence-electron chi connectivity index (χ2n) is 5.91. The molecule has 2 rings (SSSR count). The number of ether oxygens (including phenoxy) is 1. The van der Waals surface area contributed by atoms with Gasteiger partial charge in [0.2, 0.25) is 6.41 Å². The van der Waals surface area contributed by atoms with Crippen LogP contribution in [0, 0.1) is 18.3 Å². The van der Waals surface area contributed by atoms with Gasteiger partial charge in [-0.2, -0.15) is 5.26 Å². The maximum Gasteiger partial charge on any atom is 0.355 e. The minimum absolute atomic E-state index is 0.104. The van der Waals surface area contributed by atoms with E-state index in [1.165, 1.54) is 0 Å². The van der Waals surface area contributed by atoms with Gasteiger partial charge in [0, 0.05) is 11.3 Å². The van der Waals surface area contributed by atoms with E-state index in [1.807, 2.05) is 45.0 Å². The molecule has 0 aliphatic carbocycles. The van der Waals surface area contributed by atoms with Crippen molar-refractivity contribution >= 4 is 18.2 Å². The van der Waals surface area contributed by atoms with Crippen molar-refractivity contribution in [3.05, 3.63) is 46.6 Å². The first kappa shape index (κ1) is 18.3. The Balaban J connectivity index is 2.90. The van der Waals surface area contributed by atoms with Crippen LogP contribution in [0.1, 0.15) is 53.9 Å². The average Bonchev–Trinajstić information content (AvgIpc) is 2.90. The van der Waals surface area contributed by atoms with E-state index in [-0.39, 0.29) is 29.6 Å². The van der Waals surface area contributed by atoms with Crippen LogP contribution in [-0.2, 0) is 9.53 Å². The zero-order valence-electron chi connectivity index (χ0n) is 14.8. The molecule has 1 aromatic carbocycles. The van der Waals surface area contributed by atoms with Crippen molar-refractivity contribution in [2.45, 2.75) is 33.6 Å². The second-order valence-corrected chi connectivity index (χ2v) is 5.91. The maximum atomic E-state index is 12.6. The van der Waals surface area contributed by atoms with E-state index in [4.69, 9.17) is 4.74 Å². The van der Waals surface area contributed by atoms with Crippen molar-refractivity contribution in [2.24, 2.45) is 0 Å². The Bertz CT molecular complexity index is 827. The van der Waals surface area contributed by atoms with Crippen LogP contribution in [0.5, 0.6) is 0 Å². The normalized spacial score (nSPS) is 10.4. The fourth-order valence-electron chi connectivity index (χ4n) is 2.81. The number of hydrogen-bond donors (Lipinski definition) is 1. The number of anilines is 1. The Morgan fingerprint density at radius 1 is 1.36 bits per heavy atom. The highest BCUT2D eigenvalue weighted by molar-refractivity contribution is 5.95. The van der Waals surface area contributed by atoms with Gasteiger partial charge < -0.3 is 10.1 Å². The zero-order chi connectivity index (χ0) is 18.6. The number of carbonyl (C=O) groups excluding carboxylic acids is 2. The molecule has 0 fully saturated rings. The minimum Gasteiger partial charge on any atom is -0.461 e. The predicted molar refractivity (Wildman–Crippen MR) is 95.0 cm³/mol. The smallest absolute Gasteiger partial charge is 0.355 e. The Labute approximate surface area is 147 Å². The van der Waals surface area contributed by atoms with E-state index in [1.54, 1.807) is 11.5 Å². The lowest BCUT2D eigenvalue weighted by molar-refractivity contribution is -0.105. The van der Waals surface area contributed by atoms with Crippen LogP contribution in [0.25, 0.3) is 5.69 Å². The third-order valence-electron chi connectivity index (χ3n) is 3.85. The highest BCUT2D eigenvalue weighted by Crippen LogP contribution is 2.35. The number of benzene rings is 1. The molecule has 0 atom stereocenters. The van der Waals surface area contributed by atoms with Crippen LogP contribution in [0.4, 0.5) is 5.82 Å². The number of nitriles is 1. The van der Waals surface area contributed by atoms with E-state index < -0.39 is 5.97 Å². The molecule has 0 unspecified atom stereocenters. The Hall–Kier alpha value is -3.07. The second kappa shape index (κ2) is 7.67. The molecule has 1 heterocycles. The maximum absolute atomic E-state index is 12.6. The molecule has 1 aromatic heterocycles. The first-order valence-corrected chi connectivity index (χ1v) is 8.09.